The van der Waals surface area contributed by atoms with E-state index < -0.39 is 17.5 Å². The largest absolute Gasteiger partial charge is 0.324 e. The van der Waals surface area contributed by atoms with Gasteiger partial charge in [-0.2, -0.15) is 0 Å². The molecule has 0 atom stereocenters. The van der Waals surface area contributed by atoms with Crippen LogP contribution in [-0.2, 0) is 11.2 Å². The van der Waals surface area contributed by atoms with E-state index in [4.69, 9.17) is 11.6 Å². The van der Waals surface area contributed by atoms with Gasteiger partial charge in [0.25, 0.3) is 0 Å². The number of fused-ring (bicyclic) bond motifs is 1. The Hall–Kier alpha value is -3.31. The number of nitrogens with one attached hydrogen (secondary N) is 1. The molecule has 0 radical (unpaired) electrons. The van der Waals surface area contributed by atoms with E-state index in [2.05, 4.69) is 10.3 Å². The van der Waals surface area contributed by atoms with Gasteiger partial charge in [0.1, 0.15) is 11.6 Å². The summed E-state index contributed by atoms with van der Waals surface area (Å²) in [6.45, 7) is 3.97. The van der Waals surface area contributed by atoms with Crippen molar-refractivity contribution in [1.29, 1.82) is 0 Å². The summed E-state index contributed by atoms with van der Waals surface area (Å²) in [7, 11) is 0. The molecule has 0 bridgehead atoms. The number of carbonyl (C=O) groups excluding carboxylic acids is 1. The smallest absolute Gasteiger partial charge is 0.228 e. The van der Waals surface area contributed by atoms with E-state index in [9.17, 15) is 13.6 Å². The maximum absolute atomic E-state index is 14.0. The molecule has 1 aromatic heterocycles. The third-order valence-electron chi connectivity index (χ3n) is 5.09. The first-order valence-corrected chi connectivity index (χ1v) is 10.1. The highest BCUT2D eigenvalue weighted by Crippen LogP contribution is 2.39. The van der Waals surface area contributed by atoms with Gasteiger partial charge in [0.15, 0.2) is 0 Å². The Morgan fingerprint density at radius 3 is 2.58 bits per heavy atom. The average Bonchev–Trinajstić information content (AvgIpc) is 2.70. The van der Waals surface area contributed by atoms with Crippen LogP contribution < -0.4 is 5.32 Å². The monoisotopic (exact) mass is 436 g/mol. The van der Waals surface area contributed by atoms with Crippen molar-refractivity contribution in [3.05, 3.63) is 94.1 Å². The Labute approximate surface area is 183 Å². The van der Waals surface area contributed by atoms with Gasteiger partial charge < -0.3 is 5.32 Å². The zero-order valence-corrected chi connectivity index (χ0v) is 17.7. The minimum Gasteiger partial charge on any atom is -0.324 e. The van der Waals surface area contributed by atoms with Gasteiger partial charge in [-0.1, -0.05) is 47.5 Å². The highest BCUT2D eigenvalue weighted by molar-refractivity contribution is 6.34. The number of halogens is 3. The van der Waals surface area contributed by atoms with Crippen LogP contribution in [0.1, 0.15) is 16.7 Å². The Bertz CT molecular complexity index is 1320. The van der Waals surface area contributed by atoms with E-state index in [1.54, 1.807) is 12.3 Å². The highest BCUT2D eigenvalue weighted by Gasteiger charge is 2.18. The zero-order chi connectivity index (χ0) is 22.1. The van der Waals surface area contributed by atoms with E-state index >= 15 is 0 Å². The molecule has 0 aliphatic carbocycles. The fourth-order valence-corrected chi connectivity index (χ4v) is 3.97. The molecule has 0 aliphatic rings. The van der Waals surface area contributed by atoms with E-state index in [0.29, 0.717) is 10.7 Å². The number of benzene rings is 3. The summed E-state index contributed by atoms with van der Waals surface area (Å²) in [4.78, 5) is 17.3. The number of hydrogen-bond donors (Lipinski definition) is 1. The number of carbonyl (C=O) groups is 1. The van der Waals surface area contributed by atoms with Crippen LogP contribution in [0.4, 0.5) is 14.5 Å². The Morgan fingerprint density at radius 2 is 1.84 bits per heavy atom. The summed E-state index contributed by atoms with van der Waals surface area (Å²) in [5.74, 6) is -1.89. The highest BCUT2D eigenvalue weighted by atomic mass is 35.5. The molecule has 156 valence electrons. The molecule has 4 rings (SSSR count). The van der Waals surface area contributed by atoms with E-state index in [1.165, 1.54) is 6.07 Å². The van der Waals surface area contributed by atoms with Crippen LogP contribution in [0.25, 0.3) is 22.0 Å². The lowest BCUT2D eigenvalue weighted by molar-refractivity contribution is -0.115. The molecule has 3 aromatic carbocycles. The molecular weight excluding hydrogens is 418 g/mol. The third kappa shape index (κ3) is 4.28. The standard InChI is InChI=1S/C25H19ClF2N2O/c1-14-9-15(2)25-19(10-14)24(18-5-3-4-6-20(18)26)22(13-29-25)30-23(31)11-16-7-8-17(27)12-21(16)28/h3-10,12-13H,11H2,1-2H3,(H,30,31). The molecule has 1 amide bonds. The number of hydrogen-bond acceptors (Lipinski definition) is 2. The van der Waals surface area contributed by atoms with Gasteiger partial charge in [0.2, 0.25) is 5.91 Å². The molecule has 0 unspecified atom stereocenters. The Balaban J connectivity index is 1.81. The number of nitrogens with zero attached hydrogens (tertiary/aromatic N) is 1. The molecule has 0 fully saturated rings. The number of anilines is 1. The average molecular weight is 437 g/mol. The second-order valence-corrected chi connectivity index (χ2v) is 7.87. The molecule has 0 saturated heterocycles. The van der Waals surface area contributed by atoms with Crippen molar-refractivity contribution in [1.82, 2.24) is 4.98 Å². The number of pyridine rings is 1. The summed E-state index contributed by atoms with van der Waals surface area (Å²) >= 11 is 6.49. The normalized spacial score (nSPS) is 11.0. The van der Waals surface area contributed by atoms with Crippen LogP contribution in [0.5, 0.6) is 0 Å². The molecule has 0 spiro atoms. The number of aryl methyl sites for hydroxylation is 2. The minimum atomic E-state index is -0.760. The fraction of sp³-hybridized carbons (Fsp3) is 0.120. The molecule has 6 heteroatoms. The Morgan fingerprint density at radius 1 is 1.06 bits per heavy atom. The lowest BCUT2D eigenvalue weighted by Gasteiger charge is -2.17. The van der Waals surface area contributed by atoms with Crippen LogP contribution in [0.2, 0.25) is 5.02 Å². The molecular formula is C25H19ClF2N2O. The van der Waals surface area contributed by atoms with Gasteiger partial charge in [-0.05, 0) is 43.2 Å². The summed E-state index contributed by atoms with van der Waals surface area (Å²) in [6, 6.07) is 14.6. The zero-order valence-electron chi connectivity index (χ0n) is 17.0. The van der Waals surface area contributed by atoms with Gasteiger partial charge in [0, 0.05) is 27.6 Å². The summed E-state index contributed by atoms with van der Waals surface area (Å²) in [6.07, 6.45) is 1.35. The fourth-order valence-electron chi connectivity index (χ4n) is 3.74. The molecule has 4 aromatic rings. The predicted molar refractivity (Wildman–Crippen MR) is 120 cm³/mol. The topological polar surface area (TPSA) is 42.0 Å². The SMILES string of the molecule is Cc1cc(C)c2ncc(NC(=O)Cc3ccc(F)cc3F)c(-c3ccccc3Cl)c2c1. The van der Waals surface area contributed by atoms with Gasteiger partial charge in [-0.25, -0.2) is 8.78 Å². The van der Waals surface area contributed by atoms with Gasteiger partial charge in [0.05, 0.1) is 23.8 Å². The van der Waals surface area contributed by atoms with Crippen LogP contribution in [0.3, 0.4) is 0 Å². The van der Waals surface area contributed by atoms with Crippen LogP contribution in [0.15, 0.2) is 60.8 Å². The first-order chi connectivity index (χ1) is 14.8. The van der Waals surface area contributed by atoms with Crippen LogP contribution in [-0.4, -0.2) is 10.9 Å². The number of amides is 1. The van der Waals surface area contributed by atoms with E-state index in [-0.39, 0.29) is 12.0 Å². The quantitative estimate of drug-likeness (QED) is 0.390. The second kappa shape index (κ2) is 8.44. The predicted octanol–water partition coefficient (Wildman–Crippen LogP) is 6.63. The van der Waals surface area contributed by atoms with Crippen molar-refractivity contribution in [3.63, 3.8) is 0 Å². The summed E-state index contributed by atoms with van der Waals surface area (Å²) < 4.78 is 27.2. The van der Waals surface area contributed by atoms with E-state index in [1.807, 2.05) is 44.2 Å². The lowest BCUT2D eigenvalue weighted by atomic mass is 9.96. The molecule has 31 heavy (non-hydrogen) atoms. The lowest BCUT2D eigenvalue weighted by Crippen LogP contribution is -2.16. The first kappa shape index (κ1) is 20.9. The maximum atomic E-state index is 14.0. The van der Waals surface area contributed by atoms with Crippen molar-refractivity contribution >= 4 is 34.1 Å². The van der Waals surface area contributed by atoms with Gasteiger partial charge >= 0.3 is 0 Å². The number of rotatable bonds is 4. The van der Waals surface area contributed by atoms with Crippen LogP contribution >= 0.6 is 11.6 Å². The number of aromatic nitrogens is 1. The summed E-state index contributed by atoms with van der Waals surface area (Å²) in [5, 5.41) is 4.23. The van der Waals surface area contributed by atoms with Crippen LogP contribution in [0, 0.1) is 25.5 Å². The van der Waals surface area contributed by atoms with Crippen molar-refractivity contribution in [2.45, 2.75) is 20.3 Å². The van der Waals surface area contributed by atoms with Crippen molar-refractivity contribution in [3.8, 4) is 11.1 Å². The van der Waals surface area contributed by atoms with Crippen molar-refractivity contribution in [2.75, 3.05) is 5.32 Å². The molecule has 1 N–H and O–H groups in total. The second-order valence-electron chi connectivity index (χ2n) is 7.47. The maximum Gasteiger partial charge on any atom is 0.228 e. The molecule has 0 aliphatic heterocycles. The summed E-state index contributed by atoms with van der Waals surface area (Å²) in [5.41, 5.74) is 4.95. The van der Waals surface area contributed by atoms with Gasteiger partial charge in [-0.15, -0.1) is 0 Å². The third-order valence-corrected chi connectivity index (χ3v) is 5.42. The minimum absolute atomic E-state index is 0.110. The van der Waals surface area contributed by atoms with Gasteiger partial charge in [-0.3, -0.25) is 9.78 Å². The molecule has 0 saturated carbocycles. The first-order valence-electron chi connectivity index (χ1n) is 9.72. The Kier molecular flexibility index (Phi) is 5.70. The van der Waals surface area contributed by atoms with Crippen molar-refractivity contribution < 1.29 is 13.6 Å². The molecule has 1 heterocycles. The molecule has 3 nitrogen and oxygen atoms in total. The van der Waals surface area contributed by atoms with E-state index in [0.717, 1.165) is 45.3 Å². The van der Waals surface area contributed by atoms with Crippen molar-refractivity contribution in [2.24, 2.45) is 0 Å².